The van der Waals surface area contributed by atoms with Crippen molar-refractivity contribution in [1.82, 2.24) is 10.2 Å². The topological polar surface area (TPSA) is 69.6 Å². The van der Waals surface area contributed by atoms with Gasteiger partial charge in [-0.3, -0.25) is 9.59 Å². The Morgan fingerprint density at radius 1 is 1.24 bits per heavy atom. The maximum absolute atomic E-state index is 12.1. The van der Waals surface area contributed by atoms with Crippen molar-refractivity contribution in [3.8, 4) is 0 Å². The second-order valence-electron chi connectivity index (χ2n) is 7.38. The van der Waals surface area contributed by atoms with Crippen molar-refractivity contribution < 1.29 is 14.7 Å². The number of likely N-dealkylation sites (tertiary alicyclic amines) is 1. The molecule has 0 radical (unpaired) electrons. The van der Waals surface area contributed by atoms with Crippen molar-refractivity contribution >= 4 is 11.8 Å². The standard InChI is InChI=1S/C16H30N2O3/c1-11(2)15(21)18-8-6-12(7-9-18)14(20)17-10-13(19)16(3,4)5/h11-13,19H,6-10H2,1-5H3,(H,17,20). The van der Waals surface area contributed by atoms with Crippen LogP contribution in [0.25, 0.3) is 0 Å². The third-order valence-electron chi connectivity index (χ3n) is 4.14. The molecule has 2 amide bonds. The molecule has 0 aromatic heterocycles. The molecule has 1 atom stereocenters. The van der Waals surface area contributed by atoms with Crippen LogP contribution in [0.2, 0.25) is 0 Å². The molecule has 1 heterocycles. The molecule has 1 rings (SSSR count). The quantitative estimate of drug-likeness (QED) is 0.824. The van der Waals surface area contributed by atoms with Crippen molar-refractivity contribution in [2.45, 2.75) is 53.6 Å². The maximum Gasteiger partial charge on any atom is 0.225 e. The lowest BCUT2D eigenvalue weighted by Crippen LogP contribution is -2.46. The number of hydrogen-bond acceptors (Lipinski definition) is 3. The average Bonchev–Trinajstić information content (AvgIpc) is 2.42. The first-order chi connectivity index (χ1) is 9.62. The first-order valence-corrected chi connectivity index (χ1v) is 7.87. The minimum absolute atomic E-state index is 0.00468. The molecule has 122 valence electrons. The molecular formula is C16H30N2O3. The van der Waals surface area contributed by atoms with Crippen LogP contribution in [0.4, 0.5) is 0 Å². The van der Waals surface area contributed by atoms with Crippen LogP contribution in [0.5, 0.6) is 0 Å². The molecule has 0 spiro atoms. The summed E-state index contributed by atoms with van der Waals surface area (Å²) in [7, 11) is 0. The Morgan fingerprint density at radius 3 is 2.19 bits per heavy atom. The van der Waals surface area contributed by atoms with E-state index in [1.165, 1.54) is 0 Å². The molecular weight excluding hydrogens is 268 g/mol. The summed E-state index contributed by atoms with van der Waals surface area (Å²) < 4.78 is 0. The van der Waals surface area contributed by atoms with Crippen molar-refractivity contribution in [3.05, 3.63) is 0 Å². The number of aliphatic hydroxyl groups excluding tert-OH is 1. The summed E-state index contributed by atoms with van der Waals surface area (Å²) in [5.41, 5.74) is -0.236. The SMILES string of the molecule is CC(C)C(=O)N1CCC(C(=O)NCC(O)C(C)(C)C)CC1. The zero-order valence-electron chi connectivity index (χ0n) is 14.0. The van der Waals surface area contributed by atoms with Crippen LogP contribution in [0, 0.1) is 17.3 Å². The lowest BCUT2D eigenvalue weighted by Gasteiger charge is -2.33. The molecule has 0 aromatic rings. The van der Waals surface area contributed by atoms with E-state index in [2.05, 4.69) is 5.32 Å². The lowest BCUT2D eigenvalue weighted by atomic mass is 9.89. The van der Waals surface area contributed by atoms with Gasteiger partial charge in [0.15, 0.2) is 0 Å². The Balaban J connectivity index is 2.37. The van der Waals surface area contributed by atoms with Crippen LogP contribution in [0.3, 0.4) is 0 Å². The molecule has 0 bridgehead atoms. The van der Waals surface area contributed by atoms with E-state index in [9.17, 15) is 14.7 Å². The molecule has 5 nitrogen and oxygen atoms in total. The second-order valence-corrected chi connectivity index (χ2v) is 7.38. The molecule has 1 aliphatic rings. The minimum atomic E-state index is -0.552. The Bertz CT molecular complexity index is 366. The minimum Gasteiger partial charge on any atom is -0.391 e. The highest BCUT2D eigenvalue weighted by Crippen LogP contribution is 2.20. The number of aliphatic hydroxyl groups is 1. The third kappa shape index (κ3) is 5.30. The molecule has 1 fully saturated rings. The number of piperidine rings is 1. The number of carbonyl (C=O) groups excluding carboxylic acids is 2. The van der Waals surface area contributed by atoms with Crippen molar-refractivity contribution in [2.24, 2.45) is 17.3 Å². The third-order valence-corrected chi connectivity index (χ3v) is 4.14. The van der Waals surface area contributed by atoms with Crippen LogP contribution in [-0.4, -0.2) is 47.6 Å². The highest BCUT2D eigenvalue weighted by molar-refractivity contribution is 5.80. The number of hydrogen-bond donors (Lipinski definition) is 2. The van der Waals surface area contributed by atoms with Gasteiger partial charge in [-0.05, 0) is 18.3 Å². The monoisotopic (exact) mass is 298 g/mol. The molecule has 2 N–H and O–H groups in total. The number of nitrogens with zero attached hydrogens (tertiary/aromatic N) is 1. The Kier molecular flexibility index (Phi) is 6.20. The smallest absolute Gasteiger partial charge is 0.225 e. The van der Waals surface area contributed by atoms with Crippen molar-refractivity contribution in [3.63, 3.8) is 0 Å². The first kappa shape index (κ1) is 18.0. The first-order valence-electron chi connectivity index (χ1n) is 7.87. The molecule has 0 saturated carbocycles. The summed E-state index contributed by atoms with van der Waals surface area (Å²) >= 11 is 0. The summed E-state index contributed by atoms with van der Waals surface area (Å²) in [5, 5.41) is 12.8. The Labute approximate surface area is 128 Å². The van der Waals surface area contributed by atoms with Gasteiger partial charge in [-0.1, -0.05) is 34.6 Å². The molecule has 1 aliphatic heterocycles. The van der Waals surface area contributed by atoms with E-state index in [0.29, 0.717) is 25.9 Å². The summed E-state index contributed by atoms with van der Waals surface area (Å²) in [4.78, 5) is 25.9. The predicted octanol–water partition coefficient (Wildman–Crippen LogP) is 1.40. The fourth-order valence-corrected chi connectivity index (χ4v) is 2.38. The highest BCUT2D eigenvalue weighted by Gasteiger charge is 2.29. The highest BCUT2D eigenvalue weighted by atomic mass is 16.3. The Hall–Kier alpha value is -1.10. The van der Waals surface area contributed by atoms with Crippen LogP contribution >= 0.6 is 0 Å². The van der Waals surface area contributed by atoms with Crippen LogP contribution in [0.1, 0.15) is 47.5 Å². The van der Waals surface area contributed by atoms with Gasteiger partial charge in [-0.25, -0.2) is 0 Å². The second kappa shape index (κ2) is 7.25. The molecule has 5 heteroatoms. The van der Waals surface area contributed by atoms with Gasteiger partial charge in [-0.2, -0.15) is 0 Å². The largest absolute Gasteiger partial charge is 0.391 e. The summed E-state index contributed by atoms with van der Waals surface area (Å²) in [6, 6.07) is 0. The van der Waals surface area contributed by atoms with Gasteiger partial charge < -0.3 is 15.3 Å². The maximum atomic E-state index is 12.1. The van der Waals surface area contributed by atoms with E-state index in [0.717, 1.165) is 0 Å². The van der Waals surface area contributed by atoms with Gasteiger partial charge in [0, 0.05) is 31.5 Å². The van der Waals surface area contributed by atoms with Crippen molar-refractivity contribution in [2.75, 3.05) is 19.6 Å². The number of amides is 2. The molecule has 1 saturated heterocycles. The van der Waals surface area contributed by atoms with E-state index >= 15 is 0 Å². The summed E-state index contributed by atoms with van der Waals surface area (Å²) in [5.74, 6) is 0.123. The van der Waals surface area contributed by atoms with Gasteiger partial charge in [0.05, 0.1) is 6.10 Å². The number of rotatable bonds is 4. The van der Waals surface area contributed by atoms with Crippen molar-refractivity contribution in [1.29, 1.82) is 0 Å². The van der Waals surface area contributed by atoms with E-state index in [1.54, 1.807) is 0 Å². The Morgan fingerprint density at radius 2 is 1.76 bits per heavy atom. The average molecular weight is 298 g/mol. The fourth-order valence-electron chi connectivity index (χ4n) is 2.38. The lowest BCUT2D eigenvalue weighted by molar-refractivity contribution is -0.138. The van der Waals surface area contributed by atoms with E-state index in [1.807, 2.05) is 39.5 Å². The number of carbonyl (C=O) groups is 2. The van der Waals surface area contributed by atoms with Gasteiger partial charge in [-0.15, -0.1) is 0 Å². The summed E-state index contributed by atoms with van der Waals surface area (Å²) in [6.07, 6.45) is 0.857. The molecule has 0 aliphatic carbocycles. The van der Waals surface area contributed by atoms with Crippen LogP contribution in [-0.2, 0) is 9.59 Å². The fraction of sp³-hybridized carbons (Fsp3) is 0.875. The van der Waals surface area contributed by atoms with Crippen LogP contribution in [0.15, 0.2) is 0 Å². The summed E-state index contributed by atoms with van der Waals surface area (Å²) in [6.45, 7) is 11.2. The van der Waals surface area contributed by atoms with E-state index < -0.39 is 6.10 Å². The predicted molar refractivity (Wildman–Crippen MR) is 82.6 cm³/mol. The van der Waals surface area contributed by atoms with Gasteiger partial charge in [0.25, 0.3) is 0 Å². The zero-order chi connectivity index (χ0) is 16.2. The molecule has 0 aromatic carbocycles. The molecule has 21 heavy (non-hydrogen) atoms. The zero-order valence-corrected chi connectivity index (χ0v) is 14.0. The normalized spacial score (nSPS) is 18.7. The number of nitrogens with one attached hydrogen (secondary N) is 1. The van der Waals surface area contributed by atoms with Gasteiger partial charge in [0.2, 0.25) is 11.8 Å². The van der Waals surface area contributed by atoms with Gasteiger partial charge in [0.1, 0.15) is 0 Å². The van der Waals surface area contributed by atoms with E-state index in [4.69, 9.17) is 0 Å². The van der Waals surface area contributed by atoms with Crippen LogP contribution < -0.4 is 5.32 Å². The van der Waals surface area contributed by atoms with Gasteiger partial charge >= 0.3 is 0 Å². The molecule has 1 unspecified atom stereocenters. The van der Waals surface area contributed by atoms with E-state index in [-0.39, 0.29) is 35.6 Å².